The fraction of sp³-hybridized carbons (Fsp3) is 1.00. The number of aliphatic hydroxyl groups excluding tert-OH is 3. The minimum absolute atomic E-state index is 0.0508. The molecule has 0 aromatic heterocycles. The van der Waals surface area contributed by atoms with Gasteiger partial charge in [-0.1, -0.05) is 0 Å². The minimum Gasteiger partial charge on any atom is -0.389 e. The van der Waals surface area contributed by atoms with Gasteiger partial charge in [-0.3, -0.25) is 4.57 Å². The first-order valence-corrected chi connectivity index (χ1v) is 6.43. The maximum absolute atomic E-state index is 10.6. The molecule has 1 fully saturated rings. The van der Waals surface area contributed by atoms with Gasteiger partial charge in [-0.25, -0.2) is 0 Å². The standard InChI is InChI=1S/C7H16NO6P/c9-5-3-8-4(6(10)7(5)11)1-2-15(12,13)14/h4-11H,1-3H2,(H2,12,13,14). The van der Waals surface area contributed by atoms with E-state index < -0.39 is 31.9 Å². The van der Waals surface area contributed by atoms with Gasteiger partial charge in [0, 0.05) is 12.6 Å². The Labute approximate surface area is 86.9 Å². The van der Waals surface area contributed by atoms with Crippen LogP contribution in [0.2, 0.25) is 0 Å². The molecule has 7 nitrogen and oxygen atoms in total. The second-order valence-corrected chi connectivity index (χ2v) is 5.52. The van der Waals surface area contributed by atoms with Gasteiger partial charge >= 0.3 is 7.60 Å². The van der Waals surface area contributed by atoms with Gasteiger partial charge in [0.15, 0.2) is 0 Å². The molecule has 0 radical (unpaired) electrons. The maximum atomic E-state index is 10.6. The molecule has 4 atom stereocenters. The lowest BCUT2D eigenvalue weighted by Crippen LogP contribution is -2.59. The zero-order valence-electron chi connectivity index (χ0n) is 8.02. The summed E-state index contributed by atoms with van der Waals surface area (Å²) in [7, 11) is -4.09. The highest BCUT2D eigenvalue weighted by atomic mass is 31.2. The van der Waals surface area contributed by atoms with Crippen LogP contribution in [-0.4, -0.2) is 62.2 Å². The number of rotatable bonds is 3. The largest absolute Gasteiger partial charge is 0.389 e. The van der Waals surface area contributed by atoms with Gasteiger partial charge < -0.3 is 30.4 Å². The summed E-state index contributed by atoms with van der Waals surface area (Å²) >= 11 is 0. The van der Waals surface area contributed by atoms with E-state index >= 15 is 0 Å². The third-order valence-electron chi connectivity index (χ3n) is 2.48. The average Bonchev–Trinajstić information content (AvgIpc) is 2.12. The van der Waals surface area contributed by atoms with E-state index in [0.29, 0.717) is 0 Å². The van der Waals surface area contributed by atoms with Crippen molar-refractivity contribution < 1.29 is 29.7 Å². The Morgan fingerprint density at radius 3 is 2.33 bits per heavy atom. The second kappa shape index (κ2) is 4.88. The normalized spacial score (nSPS) is 37.9. The van der Waals surface area contributed by atoms with E-state index in [0.717, 1.165) is 0 Å². The van der Waals surface area contributed by atoms with Crippen molar-refractivity contribution in [3.8, 4) is 0 Å². The first-order valence-electron chi connectivity index (χ1n) is 4.63. The van der Waals surface area contributed by atoms with Crippen LogP contribution in [0, 0.1) is 0 Å². The van der Waals surface area contributed by atoms with Gasteiger partial charge in [0.1, 0.15) is 6.10 Å². The van der Waals surface area contributed by atoms with Crippen molar-refractivity contribution in [2.75, 3.05) is 12.7 Å². The third kappa shape index (κ3) is 3.81. The highest BCUT2D eigenvalue weighted by Crippen LogP contribution is 2.35. The van der Waals surface area contributed by atoms with E-state index in [2.05, 4.69) is 5.32 Å². The van der Waals surface area contributed by atoms with Crippen LogP contribution in [0.3, 0.4) is 0 Å². The van der Waals surface area contributed by atoms with Crippen LogP contribution in [0.5, 0.6) is 0 Å². The summed E-state index contributed by atoms with van der Waals surface area (Å²) in [6, 6.07) is -0.601. The van der Waals surface area contributed by atoms with Crippen molar-refractivity contribution in [1.29, 1.82) is 0 Å². The summed E-state index contributed by atoms with van der Waals surface area (Å²) in [6.45, 7) is 0.101. The van der Waals surface area contributed by atoms with Crippen molar-refractivity contribution in [3.05, 3.63) is 0 Å². The molecule has 1 rings (SSSR count). The third-order valence-corrected chi connectivity index (χ3v) is 3.32. The summed E-state index contributed by atoms with van der Waals surface area (Å²) in [6.07, 6.45) is -3.83. The fourth-order valence-corrected chi connectivity index (χ4v) is 2.17. The van der Waals surface area contributed by atoms with Gasteiger partial charge in [0.25, 0.3) is 0 Å². The van der Waals surface area contributed by atoms with Crippen molar-refractivity contribution in [2.45, 2.75) is 30.8 Å². The minimum atomic E-state index is -4.09. The molecule has 0 aromatic rings. The molecular formula is C7H16NO6P. The Hall–Kier alpha value is -0.0100. The Balaban J connectivity index is 2.46. The van der Waals surface area contributed by atoms with E-state index in [1.807, 2.05) is 0 Å². The van der Waals surface area contributed by atoms with Gasteiger partial charge in [0.2, 0.25) is 0 Å². The predicted molar refractivity (Wildman–Crippen MR) is 51.3 cm³/mol. The lowest BCUT2D eigenvalue weighted by atomic mass is 9.94. The molecule has 0 bridgehead atoms. The molecule has 0 spiro atoms. The Morgan fingerprint density at radius 1 is 1.20 bits per heavy atom. The van der Waals surface area contributed by atoms with E-state index in [4.69, 9.17) is 14.9 Å². The van der Waals surface area contributed by atoms with Gasteiger partial charge in [-0.2, -0.15) is 0 Å². The molecule has 1 aliphatic rings. The summed E-state index contributed by atoms with van der Waals surface area (Å²) in [5, 5.41) is 30.7. The average molecular weight is 241 g/mol. The Bertz CT molecular complexity index is 256. The van der Waals surface area contributed by atoms with Crippen LogP contribution in [0.4, 0.5) is 0 Å². The SMILES string of the molecule is O=P(O)(O)CCC1NCC(O)C(O)C1O. The molecule has 0 aromatic carbocycles. The van der Waals surface area contributed by atoms with Crippen molar-refractivity contribution in [1.82, 2.24) is 5.32 Å². The van der Waals surface area contributed by atoms with Crippen molar-refractivity contribution in [3.63, 3.8) is 0 Å². The van der Waals surface area contributed by atoms with Gasteiger partial charge in [-0.05, 0) is 6.42 Å². The van der Waals surface area contributed by atoms with Gasteiger partial charge in [0.05, 0.1) is 18.4 Å². The van der Waals surface area contributed by atoms with Crippen molar-refractivity contribution in [2.24, 2.45) is 0 Å². The summed E-state index contributed by atoms with van der Waals surface area (Å²) in [5.41, 5.74) is 0. The van der Waals surface area contributed by atoms with Crippen LogP contribution >= 0.6 is 7.60 Å². The highest BCUT2D eigenvalue weighted by Gasteiger charge is 2.36. The first kappa shape index (κ1) is 13.1. The molecule has 1 saturated heterocycles. The summed E-state index contributed by atoms with van der Waals surface area (Å²) < 4.78 is 10.6. The van der Waals surface area contributed by atoms with Crippen LogP contribution in [0.15, 0.2) is 0 Å². The molecule has 15 heavy (non-hydrogen) atoms. The monoisotopic (exact) mass is 241 g/mol. The van der Waals surface area contributed by atoms with E-state index in [1.54, 1.807) is 0 Å². The molecule has 8 heteroatoms. The zero-order valence-corrected chi connectivity index (χ0v) is 8.92. The number of hydrogen-bond donors (Lipinski definition) is 6. The topological polar surface area (TPSA) is 130 Å². The van der Waals surface area contributed by atoms with Crippen LogP contribution < -0.4 is 5.32 Å². The predicted octanol–water partition coefficient (Wildman–Crippen LogP) is -2.39. The van der Waals surface area contributed by atoms with Crippen LogP contribution in [-0.2, 0) is 4.57 Å². The lowest BCUT2D eigenvalue weighted by molar-refractivity contribution is -0.0943. The van der Waals surface area contributed by atoms with E-state index in [1.165, 1.54) is 0 Å². The summed E-state index contributed by atoms with van der Waals surface area (Å²) in [4.78, 5) is 17.3. The first-order chi connectivity index (χ1) is 6.81. The fourth-order valence-electron chi connectivity index (χ4n) is 1.56. The lowest BCUT2D eigenvalue weighted by Gasteiger charge is -2.36. The molecular weight excluding hydrogens is 225 g/mol. The van der Waals surface area contributed by atoms with Crippen LogP contribution in [0.25, 0.3) is 0 Å². The Morgan fingerprint density at radius 2 is 1.80 bits per heavy atom. The second-order valence-electron chi connectivity index (χ2n) is 3.74. The number of piperidine rings is 1. The maximum Gasteiger partial charge on any atom is 0.325 e. The van der Waals surface area contributed by atoms with Crippen molar-refractivity contribution >= 4 is 7.60 Å². The Kier molecular flexibility index (Phi) is 4.25. The number of hydrogen-bond acceptors (Lipinski definition) is 5. The number of β-amino-alcohol motifs (C(OH)–C–C–N with tert-alkyl or cyclic N) is 1. The van der Waals surface area contributed by atoms with Gasteiger partial charge in [-0.15, -0.1) is 0 Å². The molecule has 0 saturated carbocycles. The summed E-state index contributed by atoms with van der Waals surface area (Å²) in [5.74, 6) is 0. The molecule has 4 unspecified atom stereocenters. The molecule has 1 aliphatic heterocycles. The smallest absolute Gasteiger partial charge is 0.325 e. The van der Waals surface area contributed by atoms with E-state index in [9.17, 15) is 14.8 Å². The molecule has 6 N–H and O–H groups in total. The molecule has 90 valence electrons. The molecule has 1 heterocycles. The zero-order chi connectivity index (χ0) is 11.6. The van der Waals surface area contributed by atoms with Crippen LogP contribution in [0.1, 0.15) is 6.42 Å². The highest BCUT2D eigenvalue weighted by molar-refractivity contribution is 7.51. The molecule has 0 amide bonds. The molecule has 0 aliphatic carbocycles. The van der Waals surface area contributed by atoms with E-state index in [-0.39, 0.29) is 19.1 Å². The number of aliphatic hydroxyl groups is 3. The number of nitrogens with one attached hydrogen (secondary N) is 1. The quantitative estimate of drug-likeness (QED) is 0.304.